The molecule has 7 heteroatoms. The maximum Gasteiger partial charge on any atom is 0.573 e. The van der Waals surface area contributed by atoms with Crippen molar-refractivity contribution in [1.82, 2.24) is 0 Å². The van der Waals surface area contributed by atoms with E-state index in [2.05, 4.69) is 4.74 Å². The van der Waals surface area contributed by atoms with Gasteiger partial charge in [-0.25, -0.2) is 0 Å². The van der Waals surface area contributed by atoms with E-state index in [0.717, 1.165) is 0 Å². The van der Waals surface area contributed by atoms with Gasteiger partial charge in [0.2, 0.25) is 0 Å². The van der Waals surface area contributed by atoms with Crippen LogP contribution in [-0.4, -0.2) is 19.6 Å². The molecule has 4 nitrogen and oxygen atoms in total. The minimum Gasteiger partial charge on any atom is -0.404 e. The van der Waals surface area contributed by atoms with Crippen molar-refractivity contribution in [3.8, 4) is 5.75 Å². The molecule has 2 N–H and O–H groups in total. The topological polar surface area (TPSA) is 53.7 Å². The van der Waals surface area contributed by atoms with Gasteiger partial charge in [-0.05, 0) is 12.1 Å². The number of nitrogens with two attached hydrogens (primary N) is 1. The fraction of sp³-hybridized carbons (Fsp3) is 0.400. The van der Waals surface area contributed by atoms with Crippen LogP contribution in [0.15, 0.2) is 18.2 Å². The summed E-state index contributed by atoms with van der Waals surface area (Å²) in [5, 5.41) is 0. The Kier molecular flexibility index (Phi) is 3.12. The van der Waals surface area contributed by atoms with Gasteiger partial charge in [0.05, 0.1) is 18.9 Å². The monoisotopic (exact) mass is 249 g/mol. The smallest absolute Gasteiger partial charge is 0.404 e. The molecule has 0 atom stereocenters. The highest BCUT2D eigenvalue weighted by Gasteiger charge is 2.32. The van der Waals surface area contributed by atoms with Crippen molar-refractivity contribution in [2.24, 2.45) is 0 Å². The van der Waals surface area contributed by atoms with Crippen molar-refractivity contribution in [1.29, 1.82) is 0 Å². The molecule has 1 aromatic rings. The summed E-state index contributed by atoms with van der Waals surface area (Å²) in [5.41, 5.74) is 5.74. The molecule has 1 heterocycles. The predicted molar refractivity (Wildman–Crippen MR) is 52.2 cm³/mol. The van der Waals surface area contributed by atoms with Crippen LogP contribution >= 0.6 is 0 Å². The largest absolute Gasteiger partial charge is 0.573 e. The van der Waals surface area contributed by atoms with Crippen LogP contribution in [0.1, 0.15) is 11.9 Å². The highest BCUT2D eigenvalue weighted by atomic mass is 19.4. The fourth-order valence-corrected chi connectivity index (χ4v) is 1.46. The van der Waals surface area contributed by atoms with Gasteiger partial charge in [-0.2, -0.15) is 0 Å². The molecule has 1 aromatic carbocycles. The third kappa shape index (κ3) is 3.01. The van der Waals surface area contributed by atoms with Crippen LogP contribution in [0.25, 0.3) is 0 Å². The third-order valence-electron chi connectivity index (χ3n) is 2.16. The number of nitrogen functional groups attached to an aromatic ring is 1. The highest BCUT2D eigenvalue weighted by molar-refractivity contribution is 5.54. The van der Waals surface area contributed by atoms with E-state index < -0.39 is 18.4 Å². The summed E-state index contributed by atoms with van der Waals surface area (Å²) >= 11 is 0. The van der Waals surface area contributed by atoms with Crippen LogP contribution in [0.4, 0.5) is 18.9 Å². The van der Waals surface area contributed by atoms with Crippen molar-refractivity contribution < 1.29 is 27.4 Å². The Hall–Kier alpha value is -1.47. The SMILES string of the molecule is Nc1ccc(C2OCCO2)cc1OC(F)(F)F. The molecule has 1 aliphatic heterocycles. The first-order valence-electron chi connectivity index (χ1n) is 4.84. The maximum atomic E-state index is 12.1. The number of rotatable bonds is 2. The Morgan fingerprint density at radius 3 is 2.47 bits per heavy atom. The average Bonchev–Trinajstić information content (AvgIpc) is 2.72. The van der Waals surface area contributed by atoms with E-state index in [0.29, 0.717) is 18.8 Å². The molecule has 1 fully saturated rings. The van der Waals surface area contributed by atoms with Crippen LogP contribution in [0.3, 0.4) is 0 Å². The fourth-order valence-electron chi connectivity index (χ4n) is 1.46. The first-order chi connectivity index (χ1) is 7.96. The predicted octanol–water partition coefficient (Wildman–Crippen LogP) is 2.21. The van der Waals surface area contributed by atoms with Gasteiger partial charge in [0.15, 0.2) is 12.0 Å². The Balaban J connectivity index is 2.22. The number of halogens is 3. The van der Waals surface area contributed by atoms with E-state index in [1.807, 2.05) is 0 Å². The lowest BCUT2D eigenvalue weighted by molar-refractivity contribution is -0.274. The molecule has 1 aliphatic rings. The second-order valence-electron chi connectivity index (χ2n) is 3.42. The normalized spacial score (nSPS) is 17.4. The molecular weight excluding hydrogens is 239 g/mol. The maximum absolute atomic E-state index is 12.1. The van der Waals surface area contributed by atoms with E-state index in [1.54, 1.807) is 0 Å². The third-order valence-corrected chi connectivity index (χ3v) is 2.16. The molecule has 0 aromatic heterocycles. The number of hydrogen-bond acceptors (Lipinski definition) is 4. The minimum atomic E-state index is -4.77. The van der Waals surface area contributed by atoms with E-state index in [4.69, 9.17) is 15.2 Å². The zero-order valence-electron chi connectivity index (χ0n) is 8.66. The standard InChI is InChI=1S/C10H10F3NO3/c11-10(12,13)17-8-5-6(1-2-7(8)14)9-15-3-4-16-9/h1-2,5,9H,3-4,14H2. The van der Waals surface area contributed by atoms with Crippen molar-refractivity contribution in [2.75, 3.05) is 18.9 Å². The molecule has 0 unspecified atom stereocenters. The summed E-state index contributed by atoms with van der Waals surface area (Å²) in [6, 6.07) is 4.02. The number of hydrogen-bond donors (Lipinski definition) is 1. The van der Waals surface area contributed by atoms with Gasteiger partial charge >= 0.3 is 6.36 Å². The van der Waals surface area contributed by atoms with Gasteiger partial charge in [-0.3, -0.25) is 0 Å². The second-order valence-corrected chi connectivity index (χ2v) is 3.42. The van der Waals surface area contributed by atoms with Gasteiger partial charge in [0, 0.05) is 5.56 Å². The van der Waals surface area contributed by atoms with Gasteiger partial charge in [-0.1, -0.05) is 6.07 Å². The molecule has 0 saturated carbocycles. The lowest BCUT2D eigenvalue weighted by Gasteiger charge is -2.14. The Labute approximate surface area is 95.1 Å². The molecular formula is C10H10F3NO3. The van der Waals surface area contributed by atoms with Crippen LogP contribution < -0.4 is 10.5 Å². The lowest BCUT2D eigenvalue weighted by atomic mass is 10.2. The van der Waals surface area contributed by atoms with E-state index in [-0.39, 0.29) is 5.69 Å². The van der Waals surface area contributed by atoms with Crippen LogP contribution in [0, 0.1) is 0 Å². The molecule has 1 saturated heterocycles. The second kappa shape index (κ2) is 4.42. The van der Waals surface area contributed by atoms with Crippen LogP contribution in [0.5, 0.6) is 5.75 Å². The van der Waals surface area contributed by atoms with Crippen molar-refractivity contribution >= 4 is 5.69 Å². The summed E-state index contributed by atoms with van der Waals surface area (Å²) < 4.78 is 50.4. The minimum absolute atomic E-state index is 0.0935. The van der Waals surface area contributed by atoms with Crippen molar-refractivity contribution in [3.63, 3.8) is 0 Å². The Morgan fingerprint density at radius 1 is 1.24 bits per heavy atom. The molecule has 0 amide bonds. The molecule has 0 radical (unpaired) electrons. The van der Waals surface area contributed by atoms with Crippen molar-refractivity contribution in [3.05, 3.63) is 23.8 Å². The zero-order chi connectivity index (χ0) is 12.5. The summed E-state index contributed by atoms with van der Waals surface area (Å²) in [5.74, 6) is -0.450. The van der Waals surface area contributed by atoms with E-state index in [9.17, 15) is 13.2 Å². The summed E-state index contributed by atoms with van der Waals surface area (Å²) in [4.78, 5) is 0. The highest BCUT2D eigenvalue weighted by Crippen LogP contribution is 2.33. The number of alkyl halides is 3. The van der Waals surface area contributed by atoms with Crippen molar-refractivity contribution in [2.45, 2.75) is 12.7 Å². The quantitative estimate of drug-likeness (QED) is 0.816. The number of ether oxygens (including phenoxy) is 3. The first kappa shape index (κ1) is 12.0. The molecule has 0 aliphatic carbocycles. The summed E-state index contributed by atoms with van der Waals surface area (Å²) in [6.07, 6.45) is -5.43. The summed E-state index contributed by atoms with van der Waals surface area (Å²) in [6.45, 7) is 0.814. The van der Waals surface area contributed by atoms with E-state index in [1.165, 1.54) is 18.2 Å². The molecule has 0 spiro atoms. The van der Waals surface area contributed by atoms with Gasteiger partial charge in [-0.15, -0.1) is 13.2 Å². The lowest BCUT2D eigenvalue weighted by Crippen LogP contribution is -2.18. The Morgan fingerprint density at radius 2 is 1.88 bits per heavy atom. The van der Waals surface area contributed by atoms with Gasteiger partial charge in [0.1, 0.15) is 0 Å². The number of anilines is 1. The molecule has 17 heavy (non-hydrogen) atoms. The van der Waals surface area contributed by atoms with Gasteiger partial charge in [0.25, 0.3) is 0 Å². The van der Waals surface area contributed by atoms with Crippen LogP contribution in [-0.2, 0) is 9.47 Å². The van der Waals surface area contributed by atoms with Crippen LogP contribution in [0.2, 0.25) is 0 Å². The average molecular weight is 249 g/mol. The molecule has 0 bridgehead atoms. The van der Waals surface area contributed by atoms with E-state index >= 15 is 0 Å². The summed E-state index contributed by atoms with van der Waals surface area (Å²) in [7, 11) is 0. The number of benzene rings is 1. The first-order valence-corrected chi connectivity index (χ1v) is 4.84. The van der Waals surface area contributed by atoms with Gasteiger partial charge < -0.3 is 19.9 Å². The molecule has 94 valence electrons. The molecule has 2 rings (SSSR count). The zero-order valence-corrected chi connectivity index (χ0v) is 8.66. The Bertz CT molecular complexity index is 402.